The van der Waals surface area contributed by atoms with Gasteiger partial charge >= 0.3 is 0 Å². The van der Waals surface area contributed by atoms with Gasteiger partial charge in [0.15, 0.2) is 0 Å². The van der Waals surface area contributed by atoms with E-state index in [1.807, 2.05) is 0 Å². The molecule has 0 aromatic carbocycles. The predicted octanol–water partition coefficient (Wildman–Crippen LogP) is 2.19. The third-order valence-electron chi connectivity index (χ3n) is 3.74. The molecule has 0 saturated carbocycles. The molecule has 0 radical (unpaired) electrons. The number of carbonyl (C=O) groups excluding carboxylic acids is 1. The molecule has 2 rings (SSSR count). The van der Waals surface area contributed by atoms with E-state index in [1.54, 1.807) is 0 Å². The van der Waals surface area contributed by atoms with E-state index in [0.29, 0.717) is 18.0 Å². The van der Waals surface area contributed by atoms with Crippen LogP contribution < -0.4 is 0 Å². The van der Waals surface area contributed by atoms with Crippen LogP contribution in [0.3, 0.4) is 0 Å². The standard InChI is InChI=1S/C11H19NO/c1-3-8(2)11(13)12-9-4-5-10(12)7-6-9/h8-10H,3-7H2,1-2H3. The van der Waals surface area contributed by atoms with E-state index in [2.05, 4.69) is 18.7 Å². The van der Waals surface area contributed by atoms with Gasteiger partial charge in [-0.25, -0.2) is 0 Å². The Hall–Kier alpha value is -0.530. The van der Waals surface area contributed by atoms with Crippen LogP contribution in [-0.4, -0.2) is 22.9 Å². The minimum Gasteiger partial charge on any atom is -0.337 e. The summed E-state index contributed by atoms with van der Waals surface area (Å²) < 4.78 is 0. The first-order valence-electron chi connectivity index (χ1n) is 5.56. The summed E-state index contributed by atoms with van der Waals surface area (Å²) in [7, 11) is 0. The van der Waals surface area contributed by atoms with Crippen LogP contribution in [0.5, 0.6) is 0 Å². The number of nitrogens with zero attached hydrogens (tertiary/aromatic N) is 1. The Labute approximate surface area is 80.3 Å². The molecular formula is C11H19NO. The highest BCUT2D eigenvalue weighted by molar-refractivity contribution is 5.79. The van der Waals surface area contributed by atoms with E-state index in [0.717, 1.165) is 6.42 Å². The van der Waals surface area contributed by atoms with Crippen LogP contribution in [0.1, 0.15) is 46.0 Å². The lowest BCUT2D eigenvalue weighted by molar-refractivity contribution is -0.136. The summed E-state index contributed by atoms with van der Waals surface area (Å²) >= 11 is 0. The van der Waals surface area contributed by atoms with Crippen LogP contribution in [0, 0.1) is 5.92 Å². The van der Waals surface area contributed by atoms with Crippen molar-refractivity contribution in [2.75, 3.05) is 0 Å². The number of fused-ring (bicyclic) bond motifs is 2. The summed E-state index contributed by atoms with van der Waals surface area (Å²) in [6.45, 7) is 4.15. The molecule has 0 spiro atoms. The van der Waals surface area contributed by atoms with Crippen LogP contribution in [0.25, 0.3) is 0 Å². The monoisotopic (exact) mass is 181 g/mol. The minimum atomic E-state index is 0.237. The van der Waals surface area contributed by atoms with Crippen molar-refractivity contribution in [2.24, 2.45) is 5.92 Å². The zero-order valence-electron chi connectivity index (χ0n) is 8.62. The molecule has 0 aromatic rings. The van der Waals surface area contributed by atoms with Crippen molar-refractivity contribution in [2.45, 2.75) is 58.0 Å². The van der Waals surface area contributed by atoms with E-state index < -0.39 is 0 Å². The van der Waals surface area contributed by atoms with Crippen molar-refractivity contribution < 1.29 is 4.79 Å². The lowest BCUT2D eigenvalue weighted by Gasteiger charge is -2.25. The van der Waals surface area contributed by atoms with Crippen molar-refractivity contribution >= 4 is 5.91 Å². The number of carbonyl (C=O) groups is 1. The number of rotatable bonds is 2. The molecule has 2 saturated heterocycles. The Kier molecular flexibility index (Phi) is 2.31. The Morgan fingerprint density at radius 3 is 2.15 bits per heavy atom. The second kappa shape index (κ2) is 3.32. The van der Waals surface area contributed by atoms with Crippen molar-refractivity contribution in [1.82, 2.24) is 4.90 Å². The van der Waals surface area contributed by atoms with Crippen molar-refractivity contribution in [3.8, 4) is 0 Å². The van der Waals surface area contributed by atoms with Gasteiger partial charge in [-0.3, -0.25) is 4.79 Å². The van der Waals surface area contributed by atoms with Crippen LogP contribution in [0.2, 0.25) is 0 Å². The van der Waals surface area contributed by atoms with Gasteiger partial charge in [-0.2, -0.15) is 0 Å². The molecule has 2 heterocycles. The summed E-state index contributed by atoms with van der Waals surface area (Å²) in [6.07, 6.45) is 6.01. The molecule has 1 amide bonds. The van der Waals surface area contributed by atoms with Gasteiger partial charge in [0.25, 0.3) is 0 Å². The van der Waals surface area contributed by atoms with E-state index >= 15 is 0 Å². The van der Waals surface area contributed by atoms with Crippen molar-refractivity contribution in [1.29, 1.82) is 0 Å². The highest BCUT2D eigenvalue weighted by atomic mass is 16.2. The Morgan fingerprint density at radius 2 is 1.77 bits per heavy atom. The molecule has 0 aliphatic carbocycles. The van der Waals surface area contributed by atoms with Gasteiger partial charge in [-0.15, -0.1) is 0 Å². The topological polar surface area (TPSA) is 20.3 Å². The van der Waals surface area contributed by atoms with Crippen molar-refractivity contribution in [3.63, 3.8) is 0 Å². The summed E-state index contributed by atoms with van der Waals surface area (Å²) in [6, 6.07) is 1.21. The van der Waals surface area contributed by atoms with Gasteiger partial charge in [0.2, 0.25) is 5.91 Å². The number of hydrogen-bond acceptors (Lipinski definition) is 1. The van der Waals surface area contributed by atoms with Gasteiger partial charge in [0.05, 0.1) is 0 Å². The lowest BCUT2D eigenvalue weighted by atomic mass is 10.0. The first kappa shape index (κ1) is 9.04. The molecule has 2 heteroatoms. The smallest absolute Gasteiger partial charge is 0.225 e. The van der Waals surface area contributed by atoms with Crippen molar-refractivity contribution in [3.05, 3.63) is 0 Å². The molecule has 2 aliphatic rings. The largest absolute Gasteiger partial charge is 0.337 e. The molecule has 2 nitrogen and oxygen atoms in total. The third-order valence-corrected chi connectivity index (χ3v) is 3.74. The molecule has 74 valence electrons. The molecule has 13 heavy (non-hydrogen) atoms. The fourth-order valence-electron chi connectivity index (χ4n) is 2.70. The quantitative estimate of drug-likeness (QED) is 0.639. The highest BCUT2D eigenvalue weighted by Crippen LogP contribution is 2.38. The predicted molar refractivity (Wildman–Crippen MR) is 52.3 cm³/mol. The van der Waals surface area contributed by atoms with E-state index in [4.69, 9.17) is 0 Å². The SMILES string of the molecule is CCC(C)C(=O)N1C2CCC1CC2. The van der Waals surface area contributed by atoms with Crippen LogP contribution in [0.15, 0.2) is 0 Å². The van der Waals surface area contributed by atoms with E-state index in [1.165, 1.54) is 25.7 Å². The van der Waals surface area contributed by atoms with E-state index in [9.17, 15) is 4.79 Å². The minimum absolute atomic E-state index is 0.237. The van der Waals surface area contributed by atoms with Gasteiger partial charge in [-0.1, -0.05) is 13.8 Å². The maximum atomic E-state index is 12.0. The molecule has 1 atom stereocenters. The Bertz CT molecular complexity index is 194. The Morgan fingerprint density at radius 1 is 1.31 bits per heavy atom. The number of amides is 1. The zero-order chi connectivity index (χ0) is 9.42. The highest BCUT2D eigenvalue weighted by Gasteiger charge is 2.42. The van der Waals surface area contributed by atoms with Crippen LogP contribution >= 0.6 is 0 Å². The summed E-state index contributed by atoms with van der Waals surface area (Å²) in [5, 5.41) is 0. The molecule has 2 fully saturated rings. The maximum absolute atomic E-state index is 12.0. The first-order valence-corrected chi connectivity index (χ1v) is 5.56. The van der Waals surface area contributed by atoms with Crippen LogP contribution in [0.4, 0.5) is 0 Å². The summed E-state index contributed by atoms with van der Waals surface area (Å²) in [5.74, 6) is 0.647. The Balaban J connectivity index is 2.05. The summed E-state index contributed by atoms with van der Waals surface area (Å²) in [4.78, 5) is 14.2. The normalized spacial score (nSPS) is 33.8. The third kappa shape index (κ3) is 1.36. The molecule has 0 N–H and O–H groups in total. The van der Waals surface area contributed by atoms with Gasteiger partial charge in [0.1, 0.15) is 0 Å². The van der Waals surface area contributed by atoms with Crippen LogP contribution in [-0.2, 0) is 4.79 Å². The average molecular weight is 181 g/mol. The maximum Gasteiger partial charge on any atom is 0.225 e. The lowest BCUT2D eigenvalue weighted by Crippen LogP contribution is -2.38. The average Bonchev–Trinajstić information content (AvgIpc) is 2.74. The summed E-state index contributed by atoms with van der Waals surface area (Å²) in [5.41, 5.74) is 0. The zero-order valence-corrected chi connectivity index (χ0v) is 8.62. The molecule has 1 unspecified atom stereocenters. The molecule has 2 bridgehead atoms. The first-order chi connectivity index (χ1) is 6.24. The fraction of sp³-hybridized carbons (Fsp3) is 0.909. The van der Waals surface area contributed by atoms with Gasteiger partial charge in [0, 0.05) is 18.0 Å². The van der Waals surface area contributed by atoms with Gasteiger partial charge < -0.3 is 4.90 Å². The molecular weight excluding hydrogens is 162 g/mol. The number of hydrogen-bond donors (Lipinski definition) is 0. The molecule has 0 aromatic heterocycles. The second-order valence-electron chi connectivity index (χ2n) is 4.52. The second-order valence-corrected chi connectivity index (χ2v) is 4.52. The van der Waals surface area contributed by atoms with Gasteiger partial charge in [-0.05, 0) is 32.1 Å². The fourth-order valence-corrected chi connectivity index (χ4v) is 2.70. The molecule has 2 aliphatic heterocycles. The van der Waals surface area contributed by atoms with E-state index in [-0.39, 0.29) is 5.92 Å².